The maximum absolute atomic E-state index is 4.09. The molecule has 0 radical (unpaired) electrons. The van der Waals surface area contributed by atoms with E-state index in [1.54, 1.807) is 0 Å². The minimum atomic E-state index is 0.248. The van der Waals surface area contributed by atoms with Crippen LogP contribution >= 0.6 is 11.8 Å². The lowest BCUT2D eigenvalue weighted by Crippen LogP contribution is -2.17. The minimum absolute atomic E-state index is 0.248. The van der Waals surface area contributed by atoms with Crippen LogP contribution in [0, 0.1) is 0 Å². The van der Waals surface area contributed by atoms with Gasteiger partial charge >= 0.3 is 0 Å². The fraction of sp³-hybridized carbons (Fsp3) is 0.538. The number of allylic oxidation sites excluding steroid dienone is 3. The molecule has 0 saturated heterocycles. The van der Waals surface area contributed by atoms with Crippen LogP contribution in [0.2, 0.25) is 0 Å². The zero-order valence-electron chi connectivity index (χ0n) is 9.90. The van der Waals surface area contributed by atoms with Crippen LogP contribution in [0.3, 0.4) is 0 Å². The molecule has 1 unspecified atom stereocenters. The van der Waals surface area contributed by atoms with E-state index in [1.807, 2.05) is 11.8 Å². The van der Waals surface area contributed by atoms with E-state index < -0.39 is 0 Å². The monoisotopic (exact) mass is 208 g/mol. The summed E-state index contributed by atoms with van der Waals surface area (Å²) in [6.45, 7) is 15.1. The van der Waals surface area contributed by atoms with Crippen LogP contribution in [0.15, 0.2) is 34.3 Å². The summed E-state index contributed by atoms with van der Waals surface area (Å²) in [6, 6.07) is 0. The quantitative estimate of drug-likeness (QED) is 0.593. The third-order valence-electron chi connectivity index (χ3n) is 3.02. The smallest absolute Gasteiger partial charge is 0.0424 e. The Kier molecular flexibility index (Phi) is 3.31. The molecule has 0 aromatic rings. The number of thioether (sulfide) groups is 1. The zero-order valence-corrected chi connectivity index (χ0v) is 10.7. The van der Waals surface area contributed by atoms with Crippen molar-refractivity contribution < 1.29 is 0 Å². The zero-order chi connectivity index (χ0) is 10.9. The summed E-state index contributed by atoms with van der Waals surface area (Å²) >= 11 is 1.91. The van der Waals surface area contributed by atoms with Crippen LogP contribution in [-0.4, -0.2) is 4.75 Å². The molecule has 0 aromatic carbocycles. The molecule has 78 valence electrons. The van der Waals surface area contributed by atoms with Crippen molar-refractivity contribution in [3.63, 3.8) is 0 Å². The first-order valence-electron chi connectivity index (χ1n) is 5.06. The fourth-order valence-electron chi connectivity index (χ4n) is 1.62. The van der Waals surface area contributed by atoms with Gasteiger partial charge in [-0.2, -0.15) is 0 Å². The van der Waals surface area contributed by atoms with E-state index in [1.165, 1.54) is 21.6 Å². The Morgan fingerprint density at radius 1 is 1.43 bits per heavy atom. The normalized spacial score (nSPS) is 27.1. The van der Waals surface area contributed by atoms with Gasteiger partial charge in [-0.05, 0) is 46.6 Å². The molecule has 0 spiro atoms. The van der Waals surface area contributed by atoms with Gasteiger partial charge < -0.3 is 0 Å². The van der Waals surface area contributed by atoms with Gasteiger partial charge in [0.1, 0.15) is 0 Å². The van der Waals surface area contributed by atoms with Gasteiger partial charge in [-0.25, -0.2) is 0 Å². The molecular formula is C13H20S. The van der Waals surface area contributed by atoms with Crippen molar-refractivity contribution in [3.05, 3.63) is 34.3 Å². The topological polar surface area (TPSA) is 0 Å². The molecule has 0 fully saturated rings. The van der Waals surface area contributed by atoms with Crippen LogP contribution in [0.1, 0.15) is 41.0 Å². The summed E-state index contributed by atoms with van der Waals surface area (Å²) in [5.74, 6) is 0. The molecule has 0 nitrogen and oxygen atoms in total. The first kappa shape index (κ1) is 11.6. The van der Waals surface area contributed by atoms with Gasteiger partial charge in [-0.1, -0.05) is 23.8 Å². The summed E-state index contributed by atoms with van der Waals surface area (Å²) in [5.41, 5.74) is 4.28. The van der Waals surface area contributed by atoms with Gasteiger partial charge in [0.2, 0.25) is 0 Å². The van der Waals surface area contributed by atoms with E-state index in [9.17, 15) is 0 Å². The molecule has 0 bridgehead atoms. The Morgan fingerprint density at radius 2 is 2.00 bits per heavy atom. The summed E-state index contributed by atoms with van der Waals surface area (Å²) in [7, 11) is 0. The molecule has 0 aromatic heterocycles. The summed E-state index contributed by atoms with van der Waals surface area (Å²) in [6.07, 6.45) is 3.44. The maximum atomic E-state index is 4.09. The molecule has 1 heterocycles. The van der Waals surface area contributed by atoms with Crippen molar-refractivity contribution in [2.45, 2.75) is 45.8 Å². The third-order valence-corrected chi connectivity index (χ3v) is 4.50. The van der Waals surface area contributed by atoms with Gasteiger partial charge in [0, 0.05) is 9.65 Å². The second-order valence-electron chi connectivity index (χ2n) is 4.49. The van der Waals surface area contributed by atoms with Crippen LogP contribution < -0.4 is 0 Å². The highest BCUT2D eigenvalue weighted by Crippen LogP contribution is 2.50. The second kappa shape index (κ2) is 3.98. The average Bonchev–Trinajstić information content (AvgIpc) is 2.28. The Bertz CT molecular complexity index is 316. The number of hydrogen-bond acceptors (Lipinski definition) is 1. The van der Waals surface area contributed by atoms with Gasteiger partial charge in [-0.3, -0.25) is 0 Å². The van der Waals surface area contributed by atoms with Crippen LogP contribution in [0.4, 0.5) is 0 Å². The van der Waals surface area contributed by atoms with Crippen molar-refractivity contribution in [1.82, 2.24) is 0 Å². The molecule has 14 heavy (non-hydrogen) atoms. The highest BCUT2D eigenvalue weighted by Gasteiger charge is 2.34. The lowest BCUT2D eigenvalue weighted by atomic mass is 9.93. The van der Waals surface area contributed by atoms with Crippen molar-refractivity contribution in [3.8, 4) is 0 Å². The van der Waals surface area contributed by atoms with E-state index in [0.29, 0.717) is 0 Å². The first-order valence-corrected chi connectivity index (χ1v) is 5.88. The van der Waals surface area contributed by atoms with Gasteiger partial charge in [-0.15, -0.1) is 11.8 Å². The van der Waals surface area contributed by atoms with Gasteiger partial charge in [0.05, 0.1) is 0 Å². The van der Waals surface area contributed by atoms with E-state index in [2.05, 4.69) is 47.3 Å². The highest BCUT2D eigenvalue weighted by atomic mass is 32.2. The second-order valence-corrected chi connectivity index (χ2v) is 6.09. The fourth-order valence-corrected chi connectivity index (χ4v) is 2.95. The van der Waals surface area contributed by atoms with Gasteiger partial charge in [0.15, 0.2) is 0 Å². The molecule has 1 atom stereocenters. The largest absolute Gasteiger partial charge is 0.115 e. The standard InChI is InChI=1S/C13H20S/c1-9(2)7-8-13(6)11(4)10(3)12(5)14-13/h7H,5,8H2,1-4,6H3. The molecule has 0 aliphatic carbocycles. The molecule has 0 saturated carbocycles. The number of rotatable bonds is 2. The Balaban J connectivity index is 2.89. The summed E-state index contributed by atoms with van der Waals surface area (Å²) in [5, 5.41) is 0. The van der Waals surface area contributed by atoms with Crippen molar-refractivity contribution in [2.75, 3.05) is 0 Å². The lowest BCUT2D eigenvalue weighted by Gasteiger charge is -2.23. The average molecular weight is 208 g/mol. The summed E-state index contributed by atoms with van der Waals surface area (Å²) < 4.78 is 0.248. The van der Waals surface area contributed by atoms with Crippen molar-refractivity contribution in [2.24, 2.45) is 0 Å². The van der Waals surface area contributed by atoms with E-state index in [0.717, 1.165) is 6.42 Å². The minimum Gasteiger partial charge on any atom is -0.115 e. The highest BCUT2D eigenvalue weighted by molar-refractivity contribution is 8.05. The van der Waals surface area contributed by atoms with Crippen molar-refractivity contribution >= 4 is 11.8 Å². The van der Waals surface area contributed by atoms with Gasteiger partial charge in [0.25, 0.3) is 0 Å². The van der Waals surface area contributed by atoms with Crippen LogP contribution in [-0.2, 0) is 0 Å². The predicted molar refractivity (Wildman–Crippen MR) is 67.6 cm³/mol. The van der Waals surface area contributed by atoms with E-state index >= 15 is 0 Å². The lowest BCUT2D eigenvalue weighted by molar-refractivity contribution is 0.756. The predicted octanol–water partition coefficient (Wildman–Crippen LogP) is 4.70. The van der Waals surface area contributed by atoms with Crippen LogP contribution in [0.5, 0.6) is 0 Å². The van der Waals surface area contributed by atoms with Crippen LogP contribution in [0.25, 0.3) is 0 Å². The Hall–Kier alpha value is -0.430. The molecular weight excluding hydrogens is 188 g/mol. The maximum Gasteiger partial charge on any atom is 0.0424 e. The molecule has 1 aliphatic rings. The molecule has 1 aliphatic heterocycles. The summed E-state index contributed by atoms with van der Waals surface area (Å²) in [4.78, 5) is 1.24. The van der Waals surface area contributed by atoms with Crippen molar-refractivity contribution in [1.29, 1.82) is 0 Å². The molecule has 1 rings (SSSR count). The first-order chi connectivity index (χ1) is 6.37. The molecule has 0 amide bonds. The Labute approximate surface area is 92.2 Å². The SMILES string of the molecule is C=C1SC(C)(CC=C(C)C)C(C)=C1C. The molecule has 0 N–H and O–H groups in total. The third kappa shape index (κ3) is 2.14. The van der Waals surface area contributed by atoms with E-state index in [4.69, 9.17) is 0 Å². The number of hydrogen-bond donors (Lipinski definition) is 0. The molecule has 1 heteroatoms. The Morgan fingerprint density at radius 3 is 2.36 bits per heavy atom. The van der Waals surface area contributed by atoms with E-state index in [-0.39, 0.29) is 4.75 Å².